The third-order valence-corrected chi connectivity index (χ3v) is 3.54. The molecule has 0 aromatic heterocycles. The number of hydrogen-bond donors (Lipinski definition) is 3. The van der Waals surface area contributed by atoms with E-state index >= 15 is 0 Å². The van der Waals surface area contributed by atoms with Gasteiger partial charge in [0.15, 0.2) is 12.1 Å². The second-order valence-electron chi connectivity index (χ2n) is 5.42. The highest BCUT2D eigenvalue weighted by Crippen LogP contribution is 2.39. The molecule has 3 fully saturated rings. The van der Waals surface area contributed by atoms with Crippen molar-refractivity contribution in [3.05, 3.63) is 0 Å². The van der Waals surface area contributed by atoms with Crippen LogP contribution >= 0.6 is 0 Å². The van der Waals surface area contributed by atoms with Crippen LogP contribution in [0.3, 0.4) is 0 Å². The quantitative estimate of drug-likeness (QED) is 0.529. The normalized spacial score (nSPS) is 50.3. The van der Waals surface area contributed by atoms with Crippen LogP contribution in [0.5, 0.6) is 0 Å². The Bertz CT molecular complexity index is 373. The number of carbonyl (C=O) groups is 1. The summed E-state index contributed by atoms with van der Waals surface area (Å²) in [6, 6.07) is -0.617. The lowest BCUT2D eigenvalue weighted by Crippen LogP contribution is -2.49. The molecule has 3 aliphatic heterocycles. The molecule has 3 rings (SSSR count). The molecule has 18 heavy (non-hydrogen) atoms. The molecule has 0 aliphatic carbocycles. The van der Waals surface area contributed by atoms with E-state index in [0.29, 0.717) is 0 Å². The smallest absolute Gasteiger partial charge is 0.223 e. The summed E-state index contributed by atoms with van der Waals surface area (Å²) in [6.45, 7) is 3.48. The molecule has 1 unspecified atom stereocenters. The number of hydrogen-bond acceptors (Lipinski definition) is 6. The van der Waals surface area contributed by atoms with Crippen LogP contribution in [0.15, 0.2) is 0 Å². The minimum absolute atomic E-state index is 0.0276. The maximum atomic E-state index is 11.2. The van der Waals surface area contributed by atoms with E-state index in [9.17, 15) is 15.0 Å². The van der Waals surface area contributed by atoms with Gasteiger partial charge in [0.2, 0.25) is 5.91 Å². The third kappa shape index (κ3) is 1.83. The van der Waals surface area contributed by atoms with Crippen molar-refractivity contribution in [3.8, 4) is 0 Å². The fraction of sp³-hybridized carbons (Fsp3) is 0.909. The maximum Gasteiger partial charge on any atom is 0.223 e. The zero-order valence-electron chi connectivity index (χ0n) is 10.2. The number of carbonyl (C=O) groups excluding carboxylic acids is 1. The lowest BCUT2D eigenvalue weighted by molar-refractivity contribution is -0.219. The molecule has 3 aliphatic rings. The van der Waals surface area contributed by atoms with E-state index in [4.69, 9.17) is 14.2 Å². The van der Waals surface area contributed by atoms with Crippen LogP contribution in [0.2, 0.25) is 0 Å². The monoisotopic (exact) mass is 259 g/mol. The highest BCUT2D eigenvalue weighted by Gasteiger charge is 2.57. The van der Waals surface area contributed by atoms with Crippen molar-refractivity contribution in [3.63, 3.8) is 0 Å². The minimum Gasteiger partial charge on any atom is -0.390 e. The molecule has 0 spiro atoms. The molecule has 1 amide bonds. The van der Waals surface area contributed by atoms with Crippen molar-refractivity contribution in [2.45, 2.75) is 62.8 Å². The standard InChI is InChI=1S/C11H17NO6/c1-11(2)17-9-7(15)8(16-10(9)18-11)6-4(13)3-5(14)12-6/h4,6-10,13,15H,3H2,1-2H3,(H,12,14)/t4-,6-,7-,8?,9+,10+/m0/s1. The highest BCUT2D eigenvalue weighted by molar-refractivity contribution is 5.79. The fourth-order valence-electron chi connectivity index (χ4n) is 2.77. The summed E-state index contributed by atoms with van der Waals surface area (Å²) >= 11 is 0. The Morgan fingerprint density at radius 2 is 2.00 bits per heavy atom. The van der Waals surface area contributed by atoms with E-state index in [0.717, 1.165) is 0 Å². The first kappa shape index (κ1) is 12.3. The predicted molar refractivity (Wildman–Crippen MR) is 57.3 cm³/mol. The van der Waals surface area contributed by atoms with Crippen molar-refractivity contribution >= 4 is 5.91 Å². The van der Waals surface area contributed by atoms with Crippen molar-refractivity contribution in [2.24, 2.45) is 0 Å². The summed E-state index contributed by atoms with van der Waals surface area (Å²) in [5.41, 5.74) is 0. The molecule has 7 heteroatoms. The van der Waals surface area contributed by atoms with E-state index in [-0.39, 0.29) is 12.3 Å². The number of aliphatic hydroxyl groups is 2. The highest BCUT2D eigenvalue weighted by atomic mass is 16.8. The molecule has 102 valence electrons. The van der Waals surface area contributed by atoms with Gasteiger partial charge in [-0.15, -0.1) is 0 Å². The van der Waals surface area contributed by atoms with Crippen LogP contribution in [0, 0.1) is 0 Å². The Labute approximate surface area is 104 Å². The Balaban J connectivity index is 1.73. The Hall–Kier alpha value is -0.730. The summed E-state index contributed by atoms with van der Waals surface area (Å²) in [4.78, 5) is 11.2. The van der Waals surface area contributed by atoms with E-state index in [1.165, 1.54) is 0 Å². The van der Waals surface area contributed by atoms with Crippen molar-refractivity contribution < 1.29 is 29.2 Å². The average molecular weight is 259 g/mol. The largest absolute Gasteiger partial charge is 0.390 e. The zero-order valence-corrected chi connectivity index (χ0v) is 10.2. The number of nitrogens with one attached hydrogen (secondary N) is 1. The summed E-state index contributed by atoms with van der Waals surface area (Å²) in [5.74, 6) is -1.04. The van der Waals surface area contributed by atoms with Gasteiger partial charge in [-0.25, -0.2) is 0 Å². The predicted octanol–water partition coefficient (Wildman–Crippen LogP) is -1.53. The van der Waals surface area contributed by atoms with Gasteiger partial charge in [-0.05, 0) is 13.8 Å². The Morgan fingerprint density at radius 1 is 1.28 bits per heavy atom. The summed E-state index contributed by atoms with van der Waals surface area (Å²) < 4.78 is 16.6. The second kappa shape index (κ2) is 3.88. The minimum atomic E-state index is -0.935. The number of aliphatic hydroxyl groups excluding tert-OH is 2. The maximum absolute atomic E-state index is 11.2. The molecular weight excluding hydrogens is 242 g/mol. The molecule has 0 aromatic rings. The van der Waals surface area contributed by atoms with Crippen LogP contribution in [0.25, 0.3) is 0 Å². The molecule has 7 nitrogen and oxygen atoms in total. The lowest BCUT2D eigenvalue weighted by atomic mass is 10.0. The molecule has 3 heterocycles. The topological polar surface area (TPSA) is 97.3 Å². The first-order valence-electron chi connectivity index (χ1n) is 6.04. The molecule has 3 saturated heterocycles. The van der Waals surface area contributed by atoms with E-state index < -0.39 is 42.5 Å². The van der Waals surface area contributed by atoms with Crippen LogP contribution in [0.4, 0.5) is 0 Å². The van der Waals surface area contributed by atoms with Crippen LogP contribution in [0.1, 0.15) is 20.3 Å². The number of fused-ring (bicyclic) bond motifs is 1. The van der Waals surface area contributed by atoms with Gasteiger partial charge in [-0.2, -0.15) is 0 Å². The van der Waals surface area contributed by atoms with Crippen molar-refractivity contribution in [1.29, 1.82) is 0 Å². The van der Waals surface area contributed by atoms with Gasteiger partial charge >= 0.3 is 0 Å². The molecule has 0 saturated carbocycles. The molecule has 0 bridgehead atoms. The van der Waals surface area contributed by atoms with E-state index in [1.807, 2.05) is 0 Å². The van der Waals surface area contributed by atoms with Gasteiger partial charge in [0.25, 0.3) is 0 Å². The lowest BCUT2D eigenvalue weighted by Gasteiger charge is -2.27. The molecular formula is C11H17NO6. The Kier molecular flexibility index (Phi) is 2.65. The van der Waals surface area contributed by atoms with E-state index in [2.05, 4.69) is 5.32 Å². The summed E-state index contributed by atoms with van der Waals surface area (Å²) in [5, 5.41) is 22.5. The van der Waals surface area contributed by atoms with Crippen molar-refractivity contribution in [2.75, 3.05) is 0 Å². The number of amides is 1. The summed E-state index contributed by atoms with van der Waals surface area (Å²) in [6.07, 6.45) is -3.73. The van der Waals surface area contributed by atoms with E-state index in [1.54, 1.807) is 13.8 Å². The first-order valence-corrected chi connectivity index (χ1v) is 6.04. The molecule has 3 N–H and O–H groups in total. The third-order valence-electron chi connectivity index (χ3n) is 3.54. The molecule has 6 atom stereocenters. The van der Waals surface area contributed by atoms with Crippen LogP contribution < -0.4 is 5.32 Å². The first-order chi connectivity index (χ1) is 8.37. The number of rotatable bonds is 1. The molecule has 0 radical (unpaired) electrons. The second-order valence-corrected chi connectivity index (χ2v) is 5.42. The summed E-state index contributed by atoms with van der Waals surface area (Å²) in [7, 11) is 0. The van der Waals surface area contributed by atoms with Crippen molar-refractivity contribution in [1.82, 2.24) is 5.32 Å². The number of ether oxygens (including phenoxy) is 3. The van der Waals surface area contributed by atoms with Gasteiger partial charge in [-0.3, -0.25) is 4.79 Å². The van der Waals surface area contributed by atoms with Gasteiger partial charge in [0.1, 0.15) is 18.3 Å². The molecule has 0 aromatic carbocycles. The van der Waals surface area contributed by atoms with Gasteiger partial charge in [0.05, 0.1) is 18.6 Å². The average Bonchev–Trinajstić information content (AvgIpc) is 2.81. The SMILES string of the molecule is CC1(C)O[C@H]2OC([C@H]3NC(=O)C[C@@H]3O)[C@H](O)[C@H]2O1. The zero-order chi connectivity index (χ0) is 13.1. The van der Waals surface area contributed by atoms with Crippen LogP contribution in [-0.2, 0) is 19.0 Å². The Morgan fingerprint density at radius 3 is 2.56 bits per heavy atom. The fourth-order valence-corrected chi connectivity index (χ4v) is 2.77. The van der Waals surface area contributed by atoms with Gasteiger partial charge in [0, 0.05) is 0 Å². The van der Waals surface area contributed by atoms with Gasteiger partial charge < -0.3 is 29.7 Å². The van der Waals surface area contributed by atoms with Crippen LogP contribution in [-0.4, -0.2) is 58.7 Å². The van der Waals surface area contributed by atoms with Gasteiger partial charge in [-0.1, -0.05) is 0 Å².